The van der Waals surface area contributed by atoms with Crippen LogP contribution in [0.25, 0.3) is 0 Å². The van der Waals surface area contributed by atoms with E-state index >= 15 is 0 Å². The van der Waals surface area contributed by atoms with Crippen molar-refractivity contribution < 1.29 is 22.7 Å². The molecule has 2 amide bonds. The lowest BCUT2D eigenvalue weighted by molar-refractivity contribution is -0.139. The summed E-state index contributed by atoms with van der Waals surface area (Å²) in [6.45, 7) is 1.08. The van der Waals surface area contributed by atoms with Gasteiger partial charge in [0.2, 0.25) is 11.8 Å². The number of hydrogen-bond donors (Lipinski definition) is 1. The van der Waals surface area contributed by atoms with Gasteiger partial charge in [-0.2, -0.15) is 0 Å². The van der Waals surface area contributed by atoms with E-state index < -0.39 is 28.5 Å². The highest BCUT2D eigenvalue weighted by atomic mass is 35.5. The van der Waals surface area contributed by atoms with Gasteiger partial charge in [0.25, 0.3) is 10.0 Å². The summed E-state index contributed by atoms with van der Waals surface area (Å²) in [6.07, 6.45) is 0. The molecule has 0 fully saturated rings. The van der Waals surface area contributed by atoms with Crippen LogP contribution in [0.2, 0.25) is 5.02 Å². The fourth-order valence-corrected chi connectivity index (χ4v) is 5.35. The Labute approximate surface area is 216 Å². The maximum absolute atomic E-state index is 13.7. The van der Waals surface area contributed by atoms with Gasteiger partial charge >= 0.3 is 0 Å². The minimum Gasteiger partial charge on any atom is -0.495 e. The molecule has 0 aliphatic heterocycles. The Bertz CT molecular complexity index is 1320. The molecule has 1 N–H and O–H groups in total. The largest absolute Gasteiger partial charge is 0.495 e. The van der Waals surface area contributed by atoms with Crippen molar-refractivity contribution in [1.29, 1.82) is 0 Å². The maximum atomic E-state index is 13.7. The second-order valence-electron chi connectivity index (χ2n) is 7.94. The fraction of sp³-hybridized carbons (Fsp3) is 0.231. The second-order valence-corrected chi connectivity index (χ2v) is 10.2. The molecule has 0 heterocycles. The van der Waals surface area contributed by atoms with Crippen LogP contribution in [0.1, 0.15) is 12.5 Å². The lowest BCUT2D eigenvalue weighted by atomic mass is 10.1. The number of para-hydroxylation sites is 2. The first-order valence-electron chi connectivity index (χ1n) is 11.2. The molecule has 3 aromatic carbocycles. The number of ether oxygens (including phenoxy) is 1. The van der Waals surface area contributed by atoms with Crippen molar-refractivity contribution in [3.63, 3.8) is 0 Å². The van der Waals surface area contributed by atoms with E-state index in [1.165, 1.54) is 31.2 Å². The Balaban J connectivity index is 2.06. The van der Waals surface area contributed by atoms with Crippen molar-refractivity contribution in [2.75, 3.05) is 25.0 Å². The lowest BCUT2D eigenvalue weighted by Gasteiger charge is -2.32. The number of methoxy groups -OCH3 is 1. The van der Waals surface area contributed by atoms with Crippen LogP contribution in [0.3, 0.4) is 0 Å². The SMILES string of the molecule is CNC(=O)[C@@H](C)N(Cc1cccc(Cl)c1)C(=O)CN(c1ccccc1OC)S(=O)(=O)c1ccccc1. The van der Waals surface area contributed by atoms with Gasteiger partial charge in [0.1, 0.15) is 18.3 Å². The molecule has 36 heavy (non-hydrogen) atoms. The predicted molar refractivity (Wildman–Crippen MR) is 139 cm³/mol. The number of amides is 2. The molecule has 190 valence electrons. The van der Waals surface area contributed by atoms with Crippen molar-refractivity contribution in [3.05, 3.63) is 89.4 Å². The zero-order valence-corrected chi connectivity index (χ0v) is 21.8. The summed E-state index contributed by atoms with van der Waals surface area (Å²) >= 11 is 6.12. The van der Waals surface area contributed by atoms with Gasteiger partial charge in [0.05, 0.1) is 17.7 Å². The van der Waals surface area contributed by atoms with Crippen LogP contribution in [0.15, 0.2) is 83.8 Å². The zero-order chi connectivity index (χ0) is 26.3. The highest BCUT2D eigenvalue weighted by Crippen LogP contribution is 2.32. The van der Waals surface area contributed by atoms with Crippen LogP contribution >= 0.6 is 11.6 Å². The van der Waals surface area contributed by atoms with E-state index in [2.05, 4.69) is 5.32 Å². The molecule has 0 unspecified atom stereocenters. The first-order chi connectivity index (χ1) is 17.2. The van der Waals surface area contributed by atoms with Gasteiger partial charge in [-0.1, -0.05) is 54.1 Å². The van der Waals surface area contributed by atoms with E-state index in [0.717, 1.165) is 4.31 Å². The monoisotopic (exact) mass is 529 g/mol. The van der Waals surface area contributed by atoms with Gasteiger partial charge in [0.15, 0.2) is 0 Å². The first-order valence-corrected chi connectivity index (χ1v) is 13.0. The molecule has 3 rings (SSSR count). The van der Waals surface area contributed by atoms with E-state index in [1.807, 2.05) is 0 Å². The van der Waals surface area contributed by atoms with E-state index in [-0.39, 0.29) is 28.8 Å². The number of anilines is 1. The number of nitrogens with one attached hydrogen (secondary N) is 1. The molecular weight excluding hydrogens is 502 g/mol. The van der Waals surface area contributed by atoms with Gasteiger partial charge in [-0.05, 0) is 48.9 Å². The average Bonchev–Trinajstić information content (AvgIpc) is 2.89. The number of nitrogens with zero attached hydrogens (tertiary/aromatic N) is 2. The molecule has 3 aromatic rings. The summed E-state index contributed by atoms with van der Waals surface area (Å²) in [4.78, 5) is 27.6. The molecule has 0 saturated heterocycles. The van der Waals surface area contributed by atoms with Crippen molar-refractivity contribution in [1.82, 2.24) is 10.2 Å². The molecule has 0 saturated carbocycles. The van der Waals surface area contributed by atoms with Gasteiger partial charge in [-0.15, -0.1) is 0 Å². The Morgan fingerprint density at radius 1 is 1.00 bits per heavy atom. The zero-order valence-electron chi connectivity index (χ0n) is 20.2. The van der Waals surface area contributed by atoms with E-state index in [0.29, 0.717) is 10.6 Å². The average molecular weight is 530 g/mol. The summed E-state index contributed by atoms with van der Waals surface area (Å²) in [5.74, 6) is -0.679. The van der Waals surface area contributed by atoms with Crippen LogP contribution in [0, 0.1) is 0 Å². The Morgan fingerprint density at radius 2 is 1.67 bits per heavy atom. The van der Waals surface area contributed by atoms with Crippen LogP contribution < -0.4 is 14.4 Å². The van der Waals surface area contributed by atoms with Crippen LogP contribution in [-0.4, -0.2) is 51.9 Å². The molecule has 0 aliphatic rings. The Hall–Kier alpha value is -3.56. The van der Waals surface area contributed by atoms with Crippen LogP contribution in [0.4, 0.5) is 5.69 Å². The number of rotatable bonds is 10. The summed E-state index contributed by atoms with van der Waals surface area (Å²) in [5, 5.41) is 3.03. The molecule has 0 aliphatic carbocycles. The molecule has 10 heteroatoms. The third-order valence-electron chi connectivity index (χ3n) is 5.62. The Kier molecular flexibility index (Phi) is 8.95. The van der Waals surface area contributed by atoms with Gasteiger partial charge in [-0.25, -0.2) is 8.42 Å². The topological polar surface area (TPSA) is 96.0 Å². The van der Waals surface area contributed by atoms with Gasteiger partial charge in [0, 0.05) is 18.6 Å². The quantitative estimate of drug-likeness (QED) is 0.432. The van der Waals surface area contributed by atoms with Crippen molar-refractivity contribution in [2.24, 2.45) is 0 Å². The fourth-order valence-electron chi connectivity index (χ4n) is 3.69. The molecule has 0 radical (unpaired) electrons. The van der Waals surface area contributed by atoms with Crippen molar-refractivity contribution in [2.45, 2.75) is 24.4 Å². The second kappa shape index (κ2) is 11.9. The normalized spacial score (nSPS) is 11.9. The number of halogens is 1. The third-order valence-corrected chi connectivity index (χ3v) is 7.63. The molecule has 8 nitrogen and oxygen atoms in total. The van der Waals surface area contributed by atoms with E-state index in [9.17, 15) is 18.0 Å². The Morgan fingerprint density at radius 3 is 2.31 bits per heavy atom. The first kappa shape index (κ1) is 27.0. The highest BCUT2D eigenvalue weighted by molar-refractivity contribution is 7.92. The number of benzene rings is 3. The number of likely N-dealkylation sites (N-methyl/N-ethyl adjacent to an activating group) is 1. The third kappa shape index (κ3) is 6.16. The standard InChI is InChI=1S/C26H28ClN3O5S/c1-19(26(32)28-2)29(17-20-10-9-11-21(27)16-20)25(31)18-30(23-14-7-8-15-24(23)35-3)36(33,34)22-12-5-4-6-13-22/h4-16,19H,17-18H2,1-3H3,(H,28,32)/t19-/m1/s1. The molecule has 0 spiro atoms. The van der Waals surface area contributed by atoms with Gasteiger partial charge in [-0.3, -0.25) is 13.9 Å². The molecule has 0 aromatic heterocycles. The van der Waals surface area contributed by atoms with Crippen LogP contribution in [0.5, 0.6) is 5.75 Å². The van der Waals surface area contributed by atoms with E-state index in [1.54, 1.807) is 73.7 Å². The smallest absolute Gasteiger partial charge is 0.264 e. The number of carbonyl (C=O) groups is 2. The van der Waals surface area contributed by atoms with Crippen LogP contribution in [-0.2, 0) is 26.2 Å². The lowest BCUT2D eigenvalue weighted by Crippen LogP contribution is -2.50. The minimum absolute atomic E-state index is 0.0180. The predicted octanol–water partition coefficient (Wildman–Crippen LogP) is 3.71. The minimum atomic E-state index is -4.16. The maximum Gasteiger partial charge on any atom is 0.264 e. The summed E-state index contributed by atoms with van der Waals surface area (Å²) in [5.41, 5.74) is 0.897. The number of carbonyl (C=O) groups excluding carboxylic acids is 2. The summed E-state index contributed by atoms with van der Waals surface area (Å²) in [6, 6.07) is 20.4. The highest BCUT2D eigenvalue weighted by Gasteiger charge is 2.33. The summed E-state index contributed by atoms with van der Waals surface area (Å²) < 4.78 is 33.9. The van der Waals surface area contributed by atoms with Crippen molar-refractivity contribution in [3.8, 4) is 5.75 Å². The molecular formula is C26H28ClN3O5S. The number of sulfonamides is 1. The van der Waals surface area contributed by atoms with E-state index in [4.69, 9.17) is 16.3 Å². The number of hydrogen-bond acceptors (Lipinski definition) is 5. The molecule has 0 bridgehead atoms. The molecule has 1 atom stereocenters. The van der Waals surface area contributed by atoms with Gasteiger partial charge < -0.3 is 15.0 Å². The van der Waals surface area contributed by atoms with Crippen molar-refractivity contribution >= 4 is 39.1 Å². The summed E-state index contributed by atoms with van der Waals surface area (Å²) in [7, 11) is -1.26.